The van der Waals surface area contributed by atoms with Crippen molar-refractivity contribution in [1.82, 2.24) is 0 Å². The molecule has 0 aromatic rings. The van der Waals surface area contributed by atoms with Gasteiger partial charge in [0.25, 0.3) is 0 Å². The minimum absolute atomic E-state index is 0.499. The van der Waals surface area contributed by atoms with E-state index in [2.05, 4.69) is 76.3 Å². The van der Waals surface area contributed by atoms with Gasteiger partial charge in [-0.2, -0.15) is 0 Å². The third-order valence-electron chi connectivity index (χ3n) is 4.55. The van der Waals surface area contributed by atoms with Crippen LogP contribution in [0.1, 0.15) is 62.3 Å². The molecule has 0 unspecified atom stereocenters. The SMILES string of the molecule is CCO[Si](C#CC#CC#C[Si](C(C)C)(C(C)C)C(C)C)(OCC)OCC. The van der Waals surface area contributed by atoms with Crippen molar-refractivity contribution in [3.8, 4) is 34.8 Å². The summed E-state index contributed by atoms with van der Waals surface area (Å²) < 4.78 is 17.1. The second-order valence-electron chi connectivity index (χ2n) is 7.00. The first kappa shape index (κ1) is 25.0. The first-order chi connectivity index (χ1) is 12.2. The molecule has 146 valence electrons. The second kappa shape index (κ2) is 12.4. The van der Waals surface area contributed by atoms with Gasteiger partial charge in [-0.25, -0.2) is 0 Å². The van der Waals surface area contributed by atoms with Crippen LogP contribution in [0.2, 0.25) is 16.6 Å². The van der Waals surface area contributed by atoms with Crippen LogP contribution in [0.5, 0.6) is 0 Å². The molecule has 5 heteroatoms. The summed E-state index contributed by atoms with van der Waals surface area (Å²) in [6.07, 6.45) is 0. The lowest BCUT2D eigenvalue weighted by Gasteiger charge is -2.37. The van der Waals surface area contributed by atoms with Gasteiger partial charge in [0.2, 0.25) is 0 Å². The molecule has 0 aliphatic rings. The van der Waals surface area contributed by atoms with Crippen molar-refractivity contribution in [3.63, 3.8) is 0 Å². The van der Waals surface area contributed by atoms with Crippen molar-refractivity contribution < 1.29 is 13.3 Å². The molecular formula is C21H36O3Si2. The van der Waals surface area contributed by atoms with E-state index in [-0.39, 0.29) is 0 Å². The van der Waals surface area contributed by atoms with Crippen molar-refractivity contribution in [2.45, 2.75) is 78.9 Å². The average Bonchev–Trinajstić information content (AvgIpc) is 2.53. The van der Waals surface area contributed by atoms with Gasteiger partial charge in [0, 0.05) is 19.8 Å². The Bertz CT molecular complexity index is 553. The maximum atomic E-state index is 5.69. The lowest BCUT2D eigenvalue weighted by molar-refractivity contribution is 0.0871. The van der Waals surface area contributed by atoms with E-state index < -0.39 is 16.9 Å². The van der Waals surface area contributed by atoms with Gasteiger partial charge in [-0.1, -0.05) is 41.5 Å². The third kappa shape index (κ3) is 6.95. The Morgan fingerprint density at radius 3 is 1.23 bits per heavy atom. The van der Waals surface area contributed by atoms with E-state index in [4.69, 9.17) is 13.3 Å². The van der Waals surface area contributed by atoms with Gasteiger partial charge in [-0.15, -0.1) is 5.54 Å². The van der Waals surface area contributed by atoms with Crippen LogP contribution in [-0.2, 0) is 13.3 Å². The molecule has 0 heterocycles. The lowest BCUT2D eigenvalue weighted by Crippen LogP contribution is -2.45. The molecule has 3 nitrogen and oxygen atoms in total. The van der Waals surface area contributed by atoms with Crippen molar-refractivity contribution in [2.24, 2.45) is 0 Å². The Balaban J connectivity index is 5.55. The zero-order valence-electron chi connectivity index (χ0n) is 18.1. The largest absolute Gasteiger partial charge is 0.592 e. The predicted molar refractivity (Wildman–Crippen MR) is 115 cm³/mol. The van der Waals surface area contributed by atoms with Crippen molar-refractivity contribution in [1.29, 1.82) is 0 Å². The Morgan fingerprint density at radius 2 is 0.923 bits per heavy atom. The zero-order valence-corrected chi connectivity index (χ0v) is 20.1. The van der Waals surface area contributed by atoms with E-state index in [1.807, 2.05) is 20.8 Å². The summed E-state index contributed by atoms with van der Waals surface area (Å²) in [5.41, 5.74) is 8.35. The smallest absolute Gasteiger partial charge is 0.364 e. The highest BCUT2D eigenvalue weighted by molar-refractivity contribution is 6.90. The molecule has 0 atom stereocenters. The molecule has 0 aromatic heterocycles. The summed E-state index contributed by atoms with van der Waals surface area (Å²) in [4.78, 5) is 0. The maximum absolute atomic E-state index is 5.69. The summed E-state index contributed by atoms with van der Waals surface area (Å²) in [5.74, 6) is 11.7. The summed E-state index contributed by atoms with van der Waals surface area (Å²) in [6.45, 7) is 21.0. The van der Waals surface area contributed by atoms with E-state index >= 15 is 0 Å². The topological polar surface area (TPSA) is 27.7 Å². The first-order valence-corrected chi connectivity index (χ1v) is 13.6. The predicted octanol–water partition coefficient (Wildman–Crippen LogP) is 4.80. The van der Waals surface area contributed by atoms with Crippen LogP contribution in [0.3, 0.4) is 0 Å². The number of rotatable bonds is 9. The molecule has 0 aromatic carbocycles. The normalized spacial score (nSPS) is 11.5. The molecule has 0 saturated heterocycles. The summed E-state index contributed by atoms with van der Waals surface area (Å²) in [5, 5.41) is 0. The first-order valence-electron chi connectivity index (χ1n) is 9.68. The fraction of sp³-hybridized carbons (Fsp3) is 0.714. The Morgan fingerprint density at radius 1 is 0.577 bits per heavy atom. The molecule has 0 bridgehead atoms. The molecule has 0 radical (unpaired) electrons. The molecule has 0 N–H and O–H groups in total. The Labute approximate surface area is 164 Å². The zero-order chi connectivity index (χ0) is 20.2. The molecule has 26 heavy (non-hydrogen) atoms. The van der Waals surface area contributed by atoms with Crippen LogP contribution >= 0.6 is 0 Å². The summed E-state index contributed by atoms with van der Waals surface area (Å²) in [7, 11) is -4.69. The molecule has 0 rings (SSSR count). The van der Waals surface area contributed by atoms with Gasteiger partial charge >= 0.3 is 8.80 Å². The Hall–Kier alpha value is -1.01. The van der Waals surface area contributed by atoms with E-state index in [1.54, 1.807) is 0 Å². The minimum atomic E-state index is -2.95. The van der Waals surface area contributed by atoms with Gasteiger partial charge in [-0.05, 0) is 66.6 Å². The fourth-order valence-electron chi connectivity index (χ4n) is 3.55. The van der Waals surface area contributed by atoms with Gasteiger partial charge in [0.1, 0.15) is 8.07 Å². The van der Waals surface area contributed by atoms with E-state index in [0.29, 0.717) is 36.4 Å². The monoisotopic (exact) mass is 392 g/mol. The summed E-state index contributed by atoms with van der Waals surface area (Å²) >= 11 is 0. The van der Waals surface area contributed by atoms with Crippen LogP contribution in [-0.4, -0.2) is 36.7 Å². The van der Waals surface area contributed by atoms with Crippen LogP contribution < -0.4 is 0 Å². The highest BCUT2D eigenvalue weighted by atomic mass is 28.4. The lowest BCUT2D eigenvalue weighted by atomic mass is 10.5. The highest BCUT2D eigenvalue weighted by Crippen LogP contribution is 2.40. The molecule has 0 aliphatic heterocycles. The van der Waals surface area contributed by atoms with Gasteiger partial charge < -0.3 is 13.3 Å². The number of hydrogen-bond acceptors (Lipinski definition) is 3. The minimum Gasteiger partial charge on any atom is -0.364 e. The van der Waals surface area contributed by atoms with E-state index in [1.165, 1.54) is 0 Å². The standard InChI is InChI=1S/C21H36O3Si2/c1-10-22-26(23-11-2,24-12-3)18-16-14-13-15-17-25(19(4)5,20(6)7)21(8)9/h19-21H,10-12H2,1-9H3. The molecular weight excluding hydrogens is 356 g/mol. The quantitative estimate of drug-likeness (QED) is 0.416. The van der Waals surface area contributed by atoms with Gasteiger partial charge in [0.05, 0.1) is 0 Å². The molecule has 0 spiro atoms. The van der Waals surface area contributed by atoms with Crippen molar-refractivity contribution in [3.05, 3.63) is 0 Å². The highest BCUT2D eigenvalue weighted by Gasteiger charge is 2.41. The maximum Gasteiger partial charge on any atom is 0.592 e. The molecule has 0 amide bonds. The second-order valence-corrected chi connectivity index (χ2v) is 14.8. The van der Waals surface area contributed by atoms with Crippen LogP contribution in [0.25, 0.3) is 0 Å². The van der Waals surface area contributed by atoms with Gasteiger partial charge in [-0.3, -0.25) is 0 Å². The van der Waals surface area contributed by atoms with Gasteiger partial charge in [0.15, 0.2) is 0 Å². The Kier molecular flexibility index (Phi) is 11.9. The molecule has 0 fully saturated rings. The summed E-state index contributed by atoms with van der Waals surface area (Å²) in [6, 6.07) is 0. The van der Waals surface area contributed by atoms with Crippen LogP contribution in [0.15, 0.2) is 0 Å². The average molecular weight is 393 g/mol. The van der Waals surface area contributed by atoms with Crippen molar-refractivity contribution >= 4 is 16.9 Å². The van der Waals surface area contributed by atoms with Crippen LogP contribution in [0, 0.1) is 34.8 Å². The van der Waals surface area contributed by atoms with E-state index in [9.17, 15) is 0 Å². The third-order valence-corrected chi connectivity index (χ3v) is 13.3. The molecule has 0 saturated carbocycles. The fourth-order valence-corrected chi connectivity index (χ4v) is 10.5. The molecule has 0 aliphatic carbocycles. The van der Waals surface area contributed by atoms with E-state index in [0.717, 1.165) is 0 Å². The number of hydrogen-bond donors (Lipinski definition) is 0. The van der Waals surface area contributed by atoms with Crippen molar-refractivity contribution in [2.75, 3.05) is 19.8 Å². The van der Waals surface area contributed by atoms with Crippen LogP contribution in [0.4, 0.5) is 0 Å².